The van der Waals surface area contributed by atoms with Crippen LogP contribution in [-0.4, -0.2) is 36.6 Å². The van der Waals surface area contributed by atoms with Gasteiger partial charge in [-0.2, -0.15) is 0 Å². The third kappa shape index (κ3) is 1.29. The van der Waals surface area contributed by atoms with Gasteiger partial charge in [-0.15, -0.1) is 0 Å². The Morgan fingerprint density at radius 1 is 1.70 bits per heavy atom. The maximum Gasteiger partial charge on any atom is 0.225 e. The molecule has 1 rings (SSSR count). The molecule has 0 aliphatic heterocycles. The Bertz CT molecular complexity index is 145. The summed E-state index contributed by atoms with van der Waals surface area (Å²) >= 11 is 0. The summed E-state index contributed by atoms with van der Waals surface area (Å²) in [6.07, 6.45) is 0.869. The first-order valence-corrected chi connectivity index (χ1v) is 3.49. The Labute approximate surface area is 60.6 Å². The van der Waals surface area contributed by atoms with Crippen molar-refractivity contribution >= 4 is 5.91 Å². The molecular formula is C7H13NO2. The normalized spacial score (nSPS) is 29.9. The average molecular weight is 143 g/mol. The fraction of sp³-hybridized carbons (Fsp3) is 0.857. The highest BCUT2D eigenvalue weighted by molar-refractivity contribution is 5.81. The molecule has 0 saturated heterocycles. The van der Waals surface area contributed by atoms with E-state index in [1.165, 1.54) is 0 Å². The zero-order valence-corrected chi connectivity index (χ0v) is 6.37. The first-order valence-electron chi connectivity index (χ1n) is 3.49. The number of rotatable bonds is 2. The molecule has 58 valence electrons. The third-order valence-corrected chi connectivity index (χ3v) is 1.92. The van der Waals surface area contributed by atoms with E-state index in [-0.39, 0.29) is 24.3 Å². The molecule has 3 nitrogen and oxygen atoms in total. The van der Waals surface area contributed by atoms with Crippen LogP contribution in [0.3, 0.4) is 0 Å². The molecule has 0 heterocycles. The molecule has 0 aromatic rings. The minimum Gasteiger partial charge on any atom is -0.396 e. The quantitative estimate of drug-likeness (QED) is 0.576. The third-order valence-electron chi connectivity index (χ3n) is 1.92. The molecule has 0 bridgehead atoms. The van der Waals surface area contributed by atoms with Gasteiger partial charge in [0.15, 0.2) is 0 Å². The molecule has 1 aliphatic carbocycles. The Balaban J connectivity index is 2.33. The van der Waals surface area contributed by atoms with Crippen LogP contribution in [0.2, 0.25) is 0 Å². The van der Waals surface area contributed by atoms with Crippen molar-refractivity contribution in [2.24, 2.45) is 11.8 Å². The molecule has 2 unspecified atom stereocenters. The molecule has 1 N–H and O–H groups in total. The standard InChI is InChI=1S/C7H13NO2/c1-8(2)7(10)6-3-5(6)4-9/h5-6,9H,3-4H2,1-2H3. The summed E-state index contributed by atoms with van der Waals surface area (Å²) in [5.74, 6) is 0.508. The lowest BCUT2D eigenvalue weighted by molar-refractivity contribution is -0.130. The van der Waals surface area contributed by atoms with Crippen LogP contribution >= 0.6 is 0 Å². The van der Waals surface area contributed by atoms with Gasteiger partial charge in [0.2, 0.25) is 5.91 Å². The summed E-state index contributed by atoms with van der Waals surface area (Å²) in [6, 6.07) is 0. The molecule has 1 saturated carbocycles. The smallest absolute Gasteiger partial charge is 0.225 e. The lowest BCUT2D eigenvalue weighted by Gasteiger charge is -2.08. The lowest BCUT2D eigenvalue weighted by atomic mass is 10.3. The van der Waals surface area contributed by atoms with Crippen molar-refractivity contribution in [3.05, 3.63) is 0 Å². The van der Waals surface area contributed by atoms with E-state index in [2.05, 4.69) is 0 Å². The van der Waals surface area contributed by atoms with E-state index < -0.39 is 0 Å². The van der Waals surface area contributed by atoms with Crippen molar-refractivity contribution in [1.82, 2.24) is 4.90 Å². The second kappa shape index (κ2) is 2.58. The fourth-order valence-electron chi connectivity index (χ4n) is 1.08. The number of carbonyl (C=O) groups excluding carboxylic acids is 1. The van der Waals surface area contributed by atoms with Crippen LogP contribution in [-0.2, 0) is 4.79 Å². The summed E-state index contributed by atoms with van der Waals surface area (Å²) in [6.45, 7) is 0.157. The largest absolute Gasteiger partial charge is 0.396 e. The molecule has 1 amide bonds. The van der Waals surface area contributed by atoms with Crippen molar-refractivity contribution in [2.75, 3.05) is 20.7 Å². The molecule has 0 spiro atoms. The maximum absolute atomic E-state index is 11.1. The molecule has 1 aliphatic rings. The Kier molecular flexibility index (Phi) is 1.94. The van der Waals surface area contributed by atoms with Crippen LogP contribution in [0, 0.1) is 11.8 Å². The average Bonchev–Trinajstić information content (AvgIpc) is 2.64. The second-order valence-electron chi connectivity index (χ2n) is 3.02. The van der Waals surface area contributed by atoms with Gasteiger partial charge < -0.3 is 10.0 Å². The van der Waals surface area contributed by atoms with E-state index in [0.29, 0.717) is 0 Å². The van der Waals surface area contributed by atoms with Crippen molar-refractivity contribution in [2.45, 2.75) is 6.42 Å². The van der Waals surface area contributed by atoms with Gasteiger partial charge in [0.25, 0.3) is 0 Å². The van der Waals surface area contributed by atoms with E-state index >= 15 is 0 Å². The first kappa shape index (κ1) is 7.54. The van der Waals surface area contributed by atoms with Crippen molar-refractivity contribution in [1.29, 1.82) is 0 Å². The van der Waals surface area contributed by atoms with E-state index in [4.69, 9.17) is 5.11 Å². The maximum atomic E-state index is 11.1. The van der Waals surface area contributed by atoms with Gasteiger partial charge in [-0.1, -0.05) is 0 Å². The molecule has 2 atom stereocenters. The highest BCUT2D eigenvalue weighted by atomic mass is 16.3. The van der Waals surface area contributed by atoms with Crippen molar-refractivity contribution in [3.8, 4) is 0 Å². The van der Waals surface area contributed by atoms with Crippen molar-refractivity contribution < 1.29 is 9.90 Å². The Hall–Kier alpha value is -0.570. The number of carbonyl (C=O) groups is 1. The predicted octanol–water partition coefficient (Wildman–Crippen LogP) is -0.297. The van der Waals surface area contributed by atoms with Gasteiger partial charge in [0.05, 0.1) is 0 Å². The van der Waals surface area contributed by atoms with Gasteiger partial charge in [0.1, 0.15) is 0 Å². The van der Waals surface area contributed by atoms with Crippen LogP contribution < -0.4 is 0 Å². The Morgan fingerprint density at radius 3 is 2.60 bits per heavy atom. The van der Waals surface area contributed by atoms with E-state index in [1.807, 2.05) is 0 Å². The highest BCUT2D eigenvalue weighted by Crippen LogP contribution is 2.38. The SMILES string of the molecule is CN(C)C(=O)C1CC1CO. The van der Waals surface area contributed by atoms with E-state index in [0.717, 1.165) is 6.42 Å². The van der Waals surface area contributed by atoms with Crippen LogP contribution in [0.25, 0.3) is 0 Å². The van der Waals surface area contributed by atoms with Gasteiger partial charge in [0, 0.05) is 26.6 Å². The monoisotopic (exact) mass is 143 g/mol. The first-order chi connectivity index (χ1) is 4.66. The number of aliphatic hydroxyl groups excluding tert-OH is 1. The van der Waals surface area contributed by atoms with Crippen molar-refractivity contribution in [3.63, 3.8) is 0 Å². The van der Waals surface area contributed by atoms with Gasteiger partial charge in [-0.25, -0.2) is 0 Å². The van der Waals surface area contributed by atoms with Crippen LogP contribution in [0.5, 0.6) is 0 Å². The van der Waals surface area contributed by atoms with Crippen LogP contribution in [0.1, 0.15) is 6.42 Å². The molecule has 1 fully saturated rings. The molecule has 10 heavy (non-hydrogen) atoms. The summed E-state index contributed by atoms with van der Waals surface area (Å²) in [7, 11) is 3.49. The zero-order valence-electron chi connectivity index (χ0n) is 6.37. The summed E-state index contributed by atoms with van der Waals surface area (Å²) in [5, 5.41) is 8.64. The predicted molar refractivity (Wildman–Crippen MR) is 37.4 cm³/mol. The Morgan fingerprint density at radius 2 is 2.30 bits per heavy atom. The number of nitrogens with zero attached hydrogens (tertiary/aromatic N) is 1. The summed E-state index contributed by atoms with van der Waals surface area (Å²) < 4.78 is 0. The zero-order chi connectivity index (χ0) is 7.72. The summed E-state index contributed by atoms with van der Waals surface area (Å²) in [5.41, 5.74) is 0. The number of amides is 1. The minimum absolute atomic E-state index is 0.111. The van der Waals surface area contributed by atoms with Crippen LogP contribution in [0.4, 0.5) is 0 Å². The second-order valence-corrected chi connectivity index (χ2v) is 3.02. The topological polar surface area (TPSA) is 40.5 Å². The summed E-state index contributed by atoms with van der Waals surface area (Å²) in [4.78, 5) is 12.7. The molecular weight excluding hydrogens is 130 g/mol. The number of hydrogen-bond donors (Lipinski definition) is 1. The molecule has 0 aromatic carbocycles. The number of hydrogen-bond acceptors (Lipinski definition) is 2. The minimum atomic E-state index is 0.111. The number of aliphatic hydroxyl groups is 1. The van der Waals surface area contributed by atoms with Crippen LogP contribution in [0.15, 0.2) is 0 Å². The molecule has 0 aromatic heterocycles. The van der Waals surface area contributed by atoms with Gasteiger partial charge in [-0.05, 0) is 12.3 Å². The van der Waals surface area contributed by atoms with E-state index in [1.54, 1.807) is 19.0 Å². The lowest BCUT2D eigenvalue weighted by Crippen LogP contribution is -2.24. The molecule has 3 heteroatoms. The van der Waals surface area contributed by atoms with Gasteiger partial charge in [-0.3, -0.25) is 4.79 Å². The molecule has 0 radical (unpaired) electrons. The van der Waals surface area contributed by atoms with Gasteiger partial charge >= 0.3 is 0 Å². The highest BCUT2D eigenvalue weighted by Gasteiger charge is 2.42. The van der Waals surface area contributed by atoms with E-state index in [9.17, 15) is 4.79 Å². The fourth-order valence-corrected chi connectivity index (χ4v) is 1.08.